The van der Waals surface area contributed by atoms with Crippen molar-refractivity contribution in [3.63, 3.8) is 0 Å². The molecule has 0 amide bonds. The summed E-state index contributed by atoms with van der Waals surface area (Å²) in [6.07, 6.45) is 1.42. The van der Waals surface area contributed by atoms with E-state index in [1.165, 1.54) is 0 Å². The van der Waals surface area contributed by atoms with E-state index in [-0.39, 0.29) is 6.42 Å². The normalized spacial score (nSPS) is 13.8. The molecule has 0 aliphatic carbocycles. The molecule has 0 bridgehead atoms. The summed E-state index contributed by atoms with van der Waals surface area (Å²) in [7, 11) is -4.28. The maximum absolute atomic E-state index is 10.5. The summed E-state index contributed by atoms with van der Waals surface area (Å²) >= 11 is 0. The molecule has 6 heteroatoms. The van der Waals surface area contributed by atoms with Gasteiger partial charge in [0.1, 0.15) is 0 Å². The first-order valence-corrected chi connectivity index (χ1v) is 5.01. The number of hydrogen-bond acceptors (Lipinski definition) is 4. The van der Waals surface area contributed by atoms with Crippen molar-refractivity contribution in [3.05, 3.63) is 0 Å². The van der Waals surface area contributed by atoms with E-state index in [0.29, 0.717) is 6.42 Å². The predicted molar refractivity (Wildman–Crippen MR) is 41.6 cm³/mol. The van der Waals surface area contributed by atoms with Crippen molar-refractivity contribution in [3.8, 4) is 0 Å². The summed E-state index contributed by atoms with van der Waals surface area (Å²) in [5.41, 5.74) is -1.46. The zero-order valence-electron chi connectivity index (χ0n) is 6.69. The van der Waals surface area contributed by atoms with Crippen molar-refractivity contribution >= 4 is 16.6 Å². The molecule has 12 heavy (non-hydrogen) atoms. The molecule has 71 valence electrons. The van der Waals surface area contributed by atoms with Crippen LogP contribution in [-0.4, -0.2) is 24.9 Å². The fourth-order valence-electron chi connectivity index (χ4n) is 0.693. The number of rotatable bonds is 6. The molecule has 0 spiro atoms. The molecule has 0 aliphatic heterocycles. The molecule has 0 heterocycles. The first-order valence-electron chi connectivity index (χ1n) is 3.51. The molecular weight excluding hydrogens is 184 g/mol. The maximum atomic E-state index is 10.5. The van der Waals surface area contributed by atoms with Gasteiger partial charge in [0, 0.05) is 6.42 Å². The molecule has 5 nitrogen and oxygen atoms in total. The summed E-state index contributed by atoms with van der Waals surface area (Å²) in [6, 6.07) is 0. The third kappa shape index (κ3) is 4.30. The molecule has 0 fully saturated rings. The molecule has 0 aromatic heterocycles. The van der Waals surface area contributed by atoms with Gasteiger partial charge in [-0.25, -0.2) is 4.79 Å². The molecule has 0 aromatic carbocycles. The SMILES string of the molecule is CCCCC(O[C]=O)S(=O)(=O)O. The van der Waals surface area contributed by atoms with Gasteiger partial charge in [0.25, 0.3) is 0 Å². The monoisotopic (exact) mass is 195 g/mol. The maximum Gasteiger partial charge on any atom is 0.418 e. The van der Waals surface area contributed by atoms with Gasteiger partial charge < -0.3 is 4.74 Å². The Bertz CT molecular complexity index is 220. The van der Waals surface area contributed by atoms with Crippen LogP contribution in [0.3, 0.4) is 0 Å². The van der Waals surface area contributed by atoms with Crippen molar-refractivity contribution in [1.82, 2.24) is 0 Å². The highest BCUT2D eigenvalue weighted by molar-refractivity contribution is 7.86. The number of unbranched alkanes of at least 4 members (excludes halogenated alkanes) is 1. The van der Waals surface area contributed by atoms with Crippen molar-refractivity contribution in [2.45, 2.75) is 31.6 Å². The minimum absolute atomic E-state index is 0.102. The van der Waals surface area contributed by atoms with E-state index in [2.05, 4.69) is 4.74 Å². The van der Waals surface area contributed by atoms with Gasteiger partial charge in [-0.2, -0.15) is 8.42 Å². The van der Waals surface area contributed by atoms with Crippen LogP contribution in [0.5, 0.6) is 0 Å². The molecule has 1 atom stereocenters. The van der Waals surface area contributed by atoms with Crippen molar-refractivity contribution in [1.29, 1.82) is 0 Å². The number of carbonyl (C=O) groups excluding carboxylic acids is 1. The van der Waals surface area contributed by atoms with Gasteiger partial charge in [-0.1, -0.05) is 13.3 Å². The van der Waals surface area contributed by atoms with E-state index in [4.69, 9.17) is 4.55 Å². The van der Waals surface area contributed by atoms with Crippen LogP contribution < -0.4 is 0 Å². The average Bonchev–Trinajstić information content (AvgIpc) is 1.95. The Morgan fingerprint density at radius 1 is 1.58 bits per heavy atom. The smallest absolute Gasteiger partial charge is 0.418 e. The lowest BCUT2D eigenvalue weighted by Crippen LogP contribution is -2.23. The zero-order chi connectivity index (χ0) is 9.61. The van der Waals surface area contributed by atoms with Crippen LogP contribution in [-0.2, 0) is 19.6 Å². The van der Waals surface area contributed by atoms with Crippen LogP contribution >= 0.6 is 0 Å². The Hall–Kier alpha value is -0.620. The van der Waals surface area contributed by atoms with E-state index in [0.717, 1.165) is 12.9 Å². The Labute approximate surface area is 71.5 Å². The van der Waals surface area contributed by atoms with Gasteiger partial charge in [0.15, 0.2) is 0 Å². The Morgan fingerprint density at radius 2 is 2.17 bits per heavy atom. The van der Waals surface area contributed by atoms with E-state index in [1.54, 1.807) is 0 Å². The lowest BCUT2D eigenvalue weighted by molar-refractivity contribution is 0.216. The number of ether oxygens (including phenoxy) is 1. The Balaban J connectivity index is 4.14. The molecule has 0 aliphatic rings. The summed E-state index contributed by atoms with van der Waals surface area (Å²) in [5.74, 6) is 0. The van der Waals surface area contributed by atoms with E-state index in [9.17, 15) is 13.2 Å². The molecule has 0 saturated heterocycles. The largest absolute Gasteiger partial charge is 0.435 e. The minimum Gasteiger partial charge on any atom is -0.435 e. The van der Waals surface area contributed by atoms with Crippen LogP contribution in [0.2, 0.25) is 0 Å². The Kier molecular flexibility index (Phi) is 4.84. The highest BCUT2D eigenvalue weighted by Gasteiger charge is 2.23. The summed E-state index contributed by atoms with van der Waals surface area (Å²) in [5, 5.41) is 0. The highest BCUT2D eigenvalue weighted by Crippen LogP contribution is 2.09. The third-order valence-corrected chi connectivity index (χ3v) is 2.30. The second kappa shape index (κ2) is 5.10. The minimum atomic E-state index is -4.28. The van der Waals surface area contributed by atoms with Gasteiger partial charge in [-0.3, -0.25) is 4.55 Å². The van der Waals surface area contributed by atoms with Gasteiger partial charge in [-0.05, 0) is 6.42 Å². The van der Waals surface area contributed by atoms with Gasteiger partial charge in [-0.15, -0.1) is 0 Å². The third-order valence-electron chi connectivity index (χ3n) is 1.31. The molecular formula is C6H11O5S. The van der Waals surface area contributed by atoms with Crippen LogP contribution in [0.4, 0.5) is 0 Å². The predicted octanol–water partition coefficient (Wildman–Crippen LogP) is 0.474. The van der Waals surface area contributed by atoms with Gasteiger partial charge in [0.05, 0.1) is 0 Å². The fourth-order valence-corrected chi connectivity index (χ4v) is 1.32. The zero-order valence-corrected chi connectivity index (χ0v) is 7.50. The van der Waals surface area contributed by atoms with Gasteiger partial charge >= 0.3 is 16.6 Å². The topological polar surface area (TPSA) is 80.7 Å². The van der Waals surface area contributed by atoms with Crippen LogP contribution in [0.15, 0.2) is 0 Å². The van der Waals surface area contributed by atoms with E-state index < -0.39 is 15.6 Å². The number of hydrogen-bond donors (Lipinski definition) is 1. The summed E-state index contributed by atoms with van der Waals surface area (Å²) in [6.45, 7) is 2.85. The summed E-state index contributed by atoms with van der Waals surface area (Å²) < 4.78 is 33.5. The van der Waals surface area contributed by atoms with Gasteiger partial charge in [0.2, 0.25) is 5.44 Å². The van der Waals surface area contributed by atoms with E-state index in [1.807, 2.05) is 6.92 Å². The first-order chi connectivity index (χ1) is 5.52. The molecule has 1 unspecified atom stereocenters. The van der Waals surface area contributed by atoms with Crippen LogP contribution in [0, 0.1) is 0 Å². The molecule has 1 N–H and O–H groups in total. The highest BCUT2D eigenvalue weighted by atomic mass is 32.2. The molecule has 0 saturated carbocycles. The second-order valence-electron chi connectivity index (χ2n) is 2.29. The molecule has 0 rings (SSSR count). The quantitative estimate of drug-likeness (QED) is 0.623. The molecule has 1 radical (unpaired) electrons. The van der Waals surface area contributed by atoms with Crippen molar-refractivity contribution < 1.29 is 22.5 Å². The average molecular weight is 195 g/mol. The van der Waals surface area contributed by atoms with Crippen LogP contribution in [0.1, 0.15) is 26.2 Å². The lowest BCUT2D eigenvalue weighted by Gasteiger charge is -2.09. The van der Waals surface area contributed by atoms with Crippen LogP contribution in [0.25, 0.3) is 0 Å². The molecule has 0 aromatic rings. The van der Waals surface area contributed by atoms with Crippen molar-refractivity contribution in [2.24, 2.45) is 0 Å². The standard InChI is InChI=1S/C6H11O5S/c1-2-3-4-6(11-5-7)12(8,9)10/h6H,2-4H2,1H3,(H,8,9,10). The summed E-state index contributed by atoms with van der Waals surface area (Å²) in [4.78, 5) is 9.70. The van der Waals surface area contributed by atoms with Crippen molar-refractivity contribution in [2.75, 3.05) is 0 Å². The fraction of sp³-hybridized carbons (Fsp3) is 0.833. The Morgan fingerprint density at radius 3 is 2.50 bits per heavy atom. The van der Waals surface area contributed by atoms with E-state index >= 15 is 0 Å². The first kappa shape index (κ1) is 11.4. The second-order valence-corrected chi connectivity index (χ2v) is 3.84. The lowest BCUT2D eigenvalue weighted by atomic mass is 10.3.